The van der Waals surface area contributed by atoms with Crippen molar-refractivity contribution in [3.63, 3.8) is 0 Å². The van der Waals surface area contributed by atoms with Crippen LogP contribution in [0.2, 0.25) is 0 Å². The van der Waals surface area contributed by atoms with E-state index >= 15 is 0 Å². The molecule has 0 heterocycles. The lowest BCUT2D eigenvalue weighted by molar-refractivity contribution is 0.0917. The van der Waals surface area contributed by atoms with Crippen LogP contribution < -0.4 is 5.32 Å². The van der Waals surface area contributed by atoms with E-state index in [2.05, 4.69) is 19.2 Å². The van der Waals surface area contributed by atoms with E-state index in [1.54, 1.807) is 12.1 Å². The van der Waals surface area contributed by atoms with Crippen LogP contribution in [0.1, 0.15) is 61.9 Å². The molecule has 1 saturated carbocycles. The van der Waals surface area contributed by atoms with Crippen LogP contribution in [0.3, 0.4) is 0 Å². The largest absolute Gasteiger partial charge is 0.351 e. The van der Waals surface area contributed by atoms with Gasteiger partial charge in [0.1, 0.15) is 5.82 Å². The van der Waals surface area contributed by atoms with Gasteiger partial charge in [0.05, 0.1) is 5.56 Å². The van der Waals surface area contributed by atoms with Crippen molar-refractivity contribution in [2.75, 3.05) is 6.54 Å². The molecule has 1 N–H and O–H groups in total. The first-order chi connectivity index (χ1) is 9.92. The van der Waals surface area contributed by atoms with Gasteiger partial charge in [0, 0.05) is 6.54 Å². The Hall–Kier alpha value is -1.38. The van der Waals surface area contributed by atoms with Gasteiger partial charge in [0.25, 0.3) is 5.91 Å². The maximum Gasteiger partial charge on any atom is 0.254 e. The smallest absolute Gasteiger partial charge is 0.254 e. The predicted molar refractivity (Wildman–Crippen MR) is 83.8 cm³/mol. The Balaban J connectivity index is 2.03. The zero-order valence-corrected chi connectivity index (χ0v) is 13.3. The minimum Gasteiger partial charge on any atom is -0.351 e. The van der Waals surface area contributed by atoms with Gasteiger partial charge in [-0.1, -0.05) is 38.3 Å². The van der Waals surface area contributed by atoms with E-state index in [1.807, 2.05) is 6.92 Å². The van der Waals surface area contributed by atoms with Crippen LogP contribution in [0.15, 0.2) is 18.2 Å². The molecule has 0 radical (unpaired) electrons. The second kappa shape index (κ2) is 6.59. The van der Waals surface area contributed by atoms with E-state index in [-0.39, 0.29) is 16.9 Å². The molecule has 1 aliphatic rings. The molecule has 0 saturated heterocycles. The van der Waals surface area contributed by atoms with Crippen LogP contribution in [0, 0.1) is 24.1 Å². The first kappa shape index (κ1) is 16.0. The normalized spacial score (nSPS) is 17.2. The highest BCUT2D eigenvalue weighted by Crippen LogP contribution is 2.42. The van der Waals surface area contributed by atoms with Gasteiger partial charge in [-0.05, 0) is 49.7 Å². The number of carbonyl (C=O) groups excluding carboxylic acids is 1. The van der Waals surface area contributed by atoms with Crippen LogP contribution in [-0.2, 0) is 0 Å². The van der Waals surface area contributed by atoms with Crippen molar-refractivity contribution in [1.29, 1.82) is 0 Å². The number of hydrogen-bond acceptors (Lipinski definition) is 1. The van der Waals surface area contributed by atoms with Crippen LogP contribution in [-0.4, -0.2) is 12.5 Å². The molecule has 0 atom stereocenters. The number of carbonyl (C=O) groups is 1. The van der Waals surface area contributed by atoms with E-state index in [0.29, 0.717) is 12.5 Å². The molecule has 3 heteroatoms. The minimum absolute atomic E-state index is 0.160. The summed E-state index contributed by atoms with van der Waals surface area (Å²) in [5, 5.41) is 2.98. The third-order valence-corrected chi connectivity index (χ3v) is 4.50. The highest BCUT2D eigenvalue weighted by molar-refractivity contribution is 5.94. The van der Waals surface area contributed by atoms with Gasteiger partial charge in [-0.3, -0.25) is 4.79 Å². The molecule has 0 spiro atoms. The number of amides is 1. The third-order valence-electron chi connectivity index (χ3n) is 4.50. The zero-order valence-electron chi connectivity index (χ0n) is 13.3. The molecule has 0 unspecified atom stereocenters. The van der Waals surface area contributed by atoms with Crippen LogP contribution >= 0.6 is 0 Å². The fraction of sp³-hybridized carbons (Fsp3) is 0.611. The Labute approximate surface area is 127 Å². The lowest BCUT2D eigenvalue weighted by atomic mass is 9.78. The maximum absolute atomic E-state index is 13.8. The summed E-state index contributed by atoms with van der Waals surface area (Å²) >= 11 is 0. The lowest BCUT2D eigenvalue weighted by Gasteiger charge is -2.31. The summed E-state index contributed by atoms with van der Waals surface area (Å²) in [5.41, 5.74) is 1.27. The molecule has 1 amide bonds. The number of benzene rings is 1. The van der Waals surface area contributed by atoms with Gasteiger partial charge in [-0.15, -0.1) is 0 Å². The van der Waals surface area contributed by atoms with Crippen LogP contribution in [0.25, 0.3) is 0 Å². The van der Waals surface area contributed by atoms with Crippen LogP contribution in [0.4, 0.5) is 4.39 Å². The Morgan fingerprint density at radius 2 is 2.00 bits per heavy atom. The number of halogens is 1. The van der Waals surface area contributed by atoms with Gasteiger partial charge in [-0.25, -0.2) is 4.39 Å². The molecule has 1 fully saturated rings. The molecular weight excluding hydrogens is 265 g/mol. The fourth-order valence-electron chi connectivity index (χ4n) is 3.62. The fourth-order valence-corrected chi connectivity index (χ4v) is 3.62. The Morgan fingerprint density at radius 1 is 1.33 bits per heavy atom. The molecule has 0 aliphatic heterocycles. The first-order valence-electron chi connectivity index (χ1n) is 7.96. The maximum atomic E-state index is 13.8. The summed E-state index contributed by atoms with van der Waals surface area (Å²) in [5.74, 6) is -0.107. The average molecular weight is 291 g/mol. The number of hydrogen-bond donors (Lipinski definition) is 1. The topological polar surface area (TPSA) is 29.1 Å². The Bertz CT molecular complexity index is 504. The van der Waals surface area contributed by atoms with E-state index in [9.17, 15) is 9.18 Å². The summed E-state index contributed by atoms with van der Waals surface area (Å²) in [6.45, 7) is 6.98. The lowest BCUT2D eigenvalue weighted by Crippen LogP contribution is -2.37. The molecule has 0 bridgehead atoms. The van der Waals surface area contributed by atoms with Gasteiger partial charge in [0.2, 0.25) is 0 Å². The molecule has 1 aromatic carbocycles. The summed E-state index contributed by atoms with van der Waals surface area (Å²) in [7, 11) is 0. The van der Waals surface area contributed by atoms with Gasteiger partial charge in [-0.2, -0.15) is 0 Å². The zero-order chi connectivity index (χ0) is 15.5. The molecule has 1 aliphatic carbocycles. The molecular formula is C18H26FNO. The Morgan fingerprint density at radius 3 is 2.62 bits per heavy atom. The SMILES string of the molecule is Cc1ccc(F)c(C(=O)NCC2(CC(C)C)CCCC2)c1. The van der Waals surface area contributed by atoms with Crippen molar-refractivity contribution >= 4 is 5.91 Å². The summed E-state index contributed by atoms with van der Waals surface area (Å²) in [6.07, 6.45) is 5.94. The van der Waals surface area contributed by atoms with Crippen molar-refractivity contribution < 1.29 is 9.18 Å². The summed E-state index contributed by atoms with van der Waals surface area (Å²) in [4.78, 5) is 12.3. The Kier molecular flexibility index (Phi) is 5.02. The number of aryl methyl sites for hydroxylation is 1. The highest BCUT2D eigenvalue weighted by Gasteiger charge is 2.34. The van der Waals surface area contributed by atoms with Crippen LogP contribution in [0.5, 0.6) is 0 Å². The summed E-state index contributed by atoms with van der Waals surface area (Å²) in [6, 6.07) is 4.67. The van der Waals surface area contributed by atoms with Gasteiger partial charge < -0.3 is 5.32 Å². The quantitative estimate of drug-likeness (QED) is 0.852. The van der Waals surface area contributed by atoms with Crippen molar-refractivity contribution in [3.05, 3.63) is 35.1 Å². The summed E-state index contributed by atoms with van der Waals surface area (Å²) < 4.78 is 13.8. The van der Waals surface area contributed by atoms with Crippen molar-refractivity contribution in [3.8, 4) is 0 Å². The van der Waals surface area contributed by atoms with E-state index in [4.69, 9.17) is 0 Å². The monoisotopic (exact) mass is 291 g/mol. The van der Waals surface area contributed by atoms with E-state index < -0.39 is 5.82 Å². The highest BCUT2D eigenvalue weighted by atomic mass is 19.1. The van der Waals surface area contributed by atoms with E-state index in [1.165, 1.54) is 31.7 Å². The van der Waals surface area contributed by atoms with Crippen molar-refractivity contribution in [2.24, 2.45) is 11.3 Å². The molecule has 21 heavy (non-hydrogen) atoms. The second-order valence-corrected chi connectivity index (χ2v) is 6.97. The third kappa shape index (κ3) is 4.05. The molecule has 116 valence electrons. The number of rotatable bonds is 5. The first-order valence-corrected chi connectivity index (χ1v) is 7.96. The molecule has 0 aromatic heterocycles. The van der Waals surface area contributed by atoms with Gasteiger partial charge in [0.15, 0.2) is 0 Å². The standard InChI is InChI=1S/C18H26FNO/c1-13(2)11-18(8-4-5-9-18)12-20-17(21)15-10-14(3)6-7-16(15)19/h6-7,10,13H,4-5,8-9,11-12H2,1-3H3,(H,20,21). The predicted octanol–water partition coefficient (Wildman–Crippen LogP) is 4.47. The molecule has 1 aromatic rings. The molecule has 2 nitrogen and oxygen atoms in total. The average Bonchev–Trinajstić information content (AvgIpc) is 2.87. The van der Waals surface area contributed by atoms with Crippen molar-refractivity contribution in [1.82, 2.24) is 5.32 Å². The van der Waals surface area contributed by atoms with E-state index in [0.717, 1.165) is 12.0 Å². The second-order valence-electron chi connectivity index (χ2n) is 6.97. The number of nitrogens with one attached hydrogen (secondary N) is 1. The van der Waals surface area contributed by atoms with Gasteiger partial charge >= 0.3 is 0 Å². The minimum atomic E-state index is -0.442. The van der Waals surface area contributed by atoms with Crippen molar-refractivity contribution in [2.45, 2.75) is 52.9 Å². The molecule has 2 rings (SSSR count).